The van der Waals surface area contributed by atoms with Crippen LogP contribution in [0.4, 0.5) is 0 Å². The highest BCUT2D eigenvalue weighted by molar-refractivity contribution is 6.31. The fourth-order valence-electron chi connectivity index (χ4n) is 3.48. The topological polar surface area (TPSA) is 29.9 Å². The predicted molar refractivity (Wildman–Crippen MR) is 88.9 cm³/mol. The SMILES string of the molecule is CC(C)n1c(C2NCCCC2(C)C)nc2ccc(Cl)cc21. The van der Waals surface area contributed by atoms with Crippen LogP contribution in [0.1, 0.15) is 58.4 Å². The summed E-state index contributed by atoms with van der Waals surface area (Å²) in [6, 6.07) is 6.63. The maximum Gasteiger partial charge on any atom is 0.127 e. The number of imidazole rings is 1. The molecular weight excluding hydrogens is 282 g/mol. The second kappa shape index (κ2) is 5.29. The Morgan fingerprint density at radius 1 is 1.38 bits per heavy atom. The van der Waals surface area contributed by atoms with E-state index in [9.17, 15) is 0 Å². The Labute approximate surface area is 131 Å². The van der Waals surface area contributed by atoms with Crippen LogP contribution in [-0.4, -0.2) is 16.1 Å². The molecule has 4 heteroatoms. The summed E-state index contributed by atoms with van der Waals surface area (Å²) in [4.78, 5) is 4.94. The van der Waals surface area contributed by atoms with Gasteiger partial charge in [-0.2, -0.15) is 0 Å². The summed E-state index contributed by atoms with van der Waals surface area (Å²) < 4.78 is 2.34. The van der Waals surface area contributed by atoms with Gasteiger partial charge in [0, 0.05) is 11.1 Å². The normalized spacial score (nSPS) is 22.1. The zero-order valence-electron chi connectivity index (χ0n) is 13.3. The fraction of sp³-hybridized carbons (Fsp3) is 0.588. The number of halogens is 1. The van der Waals surface area contributed by atoms with Gasteiger partial charge in [0.25, 0.3) is 0 Å². The van der Waals surface area contributed by atoms with Crippen LogP contribution in [0.3, 0.4) is 0 Å². The largest absolute Gasteiger partial charge is 0.324 e. The van der Waals surface area contributed by atoms with Crippen LogP contribution >= 0.6 is 11.6 Å². The zero-order valence-corrected chi connectivity index (χ0v) is 14.0. The van der Waals surface area contributed by atoms with Crippen molar-refractivity contribution in [3.8, 4) is 0 Å². The van der Waals surface area contributed by atoms with Gasteiger partial charge in [0.2, 0.25) is 0 Å². The highest BCUT2D eigenvalue weighted by Gasteiger charge is 2.36. The quantitative estimate of drug-likeness (QED) is 0.870. The van der Waals surface area contributed by atoms with Crippen LogP contribution in [0.5, 0.6) is 0 Å². The maximum absolute atomic E-state index is 6.19. The number of nitrogens with one attached hydrogen (secondary N) is 1. The van der Waals surface area contributed by atoms with Crippen molar-refractivity contribution in [2.45, 2.75) is 52.6 Å². The molecule has 1 aromatic heterocycles. The van der Waals surface area contributed by atoms with Crippen molar-refractivity contribution < 1.29 is 0 Å². The molecule has 2 heterocycles. The van der Waals surface area contributed by atoms with Gasteiger partial charge in [-0.05, 0) is 56.8 Å². The number of aromatic nitrogens is 2. The Hall–Kier alpha value is -1.06. The third kappa shape index (κ3) is 2.58. The van der Waals surface area contributed by atoms with Crippen molar-refractivity contribution in [1.29, 1.82) is 0 Å². The minimum absolute atomic E-state index is 0.218. The second-order valence-electron chi connectivity index (χ2n) is 7.05. The van der Waals surface area contributed by atoms with Gasteiger partial charge in [0.05, 0.1) is 17.1 Å². The lowest BCUT2D eigenvalue weighted by Crippen LogP contribution is -2.41. The summed E-state index contributed by atoms with van der Waals surface area (Å²) in [6.45, 7) is 10.2. The van der Waals surface area contributed by atoms with Crippen LogP contribution < -0.4 is 5.32 Å². The molecule has 3 nitrogen and oxygen atoms in total. The van der Waals surface area contributed by atoms with Crippen molar-refractivity contribution in [2.75, 3.05) is 6.54 Å². The van der Waals surface area contributed by atoms with Crippen molar-refractivity contribution in [2.24, 2.45) is 5.41 Å². The highest BCUT2D eigenvalue weighted by Crippen LogP contribution is 2.41. The summed E-state index contributed by atoms with van der Waals surface area (Å²) in [7, 11) is 0. The first-order chi connectivity index (χ1) is 9.90. The fourth-order valence-corrected chi connectivity index (χ4v) is 3.65. The van der Waals surface area contributed by atoms with E-state index >= 15 is 0 Å². The van der Waals surface area contributed by atoms with Crippen molar-refractivity contribution >= 4 is 22.6 Å². The Balaban J connectivity index is 2.19. The molecule has 0 aliphatic carbocycles. The Kier molecular flexibility index (Phi) is 3.74. The Morgan fingerprint density at radius 2 is 2.14 bits per heavy atom. The number of rotatable bonds is 2. The molecule has 1 fully saturated rings. The molecule has 2 aromatic rings. The zero-order chi connectivity index (χ0) is 15.2. The van der Waals surface area contributed by atoms with Gasteiger partial charge in [0.1, 0.15) is 5.82 Å². The molecule has 0 amide bonds. The van der Waals surface area contributed by atoms with Gasteiger partial charge in [-0.25, -0.2) is 4.98 Å². The summed E-state index contributed by atoms with van der Waals surface area (Å²) >= 11 is 6.19. The van der Waals surface area contributed by atoms with E-state index in [2.05, 4.69) is 37.6 Å². The Morgan fingerprint density at radius 3 is 2.81 bits per heavy atom. The molecule has 3 rings (SSSR count). The summed E-state index contributed by atoms with van der Waals surface area (Å²) in [5, 5.41) is 4.45. The molecule has 114 valence electrons. The van der Waals surface area contributed by atoms with Crippen LogP contribution in [0.25, 0.3) is 11.0 Å². The highest BCUT2D eigenvalue weighted by atomic mass is 35.5. The lowest BCUT2D eigenvalue weighted by Gasteiger charge is -2.39. The number of benzene rings is 1. The lowest BCUT2D eigenvalue weighted by atomic mass is 9.77. The smallest absolute Gasteiger partial charge is 0.127 e. The molecule has 0 spiro atoms. The van der Waals surface area contributed by atoms with E-state index in [1.807, 2.05) is 18.2 Å². The molecule has 1 unspecified atom stereocenters. The van der Waals surface area contributed by atoms with Gasteiger partial charge in [0.15, 0.2) is 0 Å². The average Bonchev–Trinajstić information content (AvgIpc) is 2.76. The third-order valence-corrected chi connectivity index (χ3v) is 4.82. The van der Waals surface area contributed by atoms with Gasteiger partial charge >= 0.3 is 0 Å². The van der Waals surface area contributed by atoms with E-state index in [0.717, 1.165) is 28.4 Å². The third-order valence-electron chi connectivity index (χ3n) is 4.58. The van der Waals surface area contributed by atoms with E-state index in [-0.39, 0.29) is 5.41 Å². The van der Waals surface area contributed by atoms with Crippen LogP contribution in [0.2, 0.25) is 5.02 Å². The number of hydrogen-bond acceptors (Lipinski definition) is 2. The van der Waals surface area contributed by atoms with Crippen molar-refractivity contribution in [1.82, 2.24) is 14.9 Å². The molecule has 0 bridgehead atoms. The second-order valence-corrected chi connectivity index (χ2v) is 7.48. The number of piperidine rings is 1. The molecular formula is C17H24ClN3. The lowest BCUT2D eigenvalue weighted by molar-refractivity contribution is 0.169. The van der Waals surface area contributed by atoms with E-state index < -0.39 is 0 Å². The van der Waals surface area contributed by atoms with E-state index in [1.165, 1.54) is 12.8 Å². The molecule has 1 aromatic carbocycles. The van der Waals surface area contributed by atoms with Crippen molar-refractivity contribution in [3.63, 3.8) is 0 Å². The van der Waals surface area contributed by atoms with Gasteiger partial charge in [-0.1, -0.05) is 25.4 Å². The monoisotopic (exact) mass is 305 g/mol. The van der Waals surface area contributed by atoms with Gasteiger partial charge in [-0.3, -0.25) is 0 Å². The molecule has 0 radical (unpaired) electrons. The first-order valence-corrected chi connectivity index (χ1v) is 8.19. The average molecular weight is 306 g/mol. The van der Waals surface area contributed by atoms with Crippen LogP contribution in [-0.2, 0) is 0 Å². The van der Waals surface area contributed by atoms with Gasteiger partial charge in [-0.15, -0.1) is 0 Å². The van der Waals surface area contributed by atoms with Gasteiger partial charge < -0.3 is 9.88 Å². The summed E-state index contributed by atoms with van der Waals surface area (Å²) in [5.41, 5.74) is 2.39. The summed E-state index contributed by atoms with van der Waals surface area (Å²) in [6.07, 6.45) is 2.46. The Bertz CT molecular complexity index is 657. The molecule has 21 heavy (non-hydrogen) atoms. The van der Waals surface area contributed by atoms with E-state index in [1.54, 1.807) is 0 Å². The standard InChI is InChI=1S/C17H24ClN3/c1-11(2)21-14-10-12(18)6-7-13(14)20-16(21)15-17(3,4)8-5-9-19-15/h6-7,10-11,15,19H,5,8-9H2,1-4H3. The number of hydrogen-bond donors (Lipinski definition) is 1. The van der Waals surface area contributed by atoms with E-state index in [4.69, 9.17) is 16.6 Å². The molecule has 1 aliphatic rings. The van der Waals surface area contributed by atoms with Crippen molar-refractivity contribution in [3.05, 3.63) is 29.0 Å². The maximum atomic E-state index is 6.19. The first kappa shape index (κ1) is 14.9. The molecule has 1 aliphatic heterocycles. The molecule has 1 saturated heterocycles. The van der Waals surface area contributed by atoms with E-state index in [0.29, 0.717) is 12.1 Å². The predicted octanol–water partition coefficient (Wildman–Crippen LogP) is 4.72. The molecule has 1 atom stereocenters. The van der Waals surface area contributed by atoms with Crippen LogP contribution in [0, 0.1) is 5.41 Å². The summed E-state index contributed by atoms with van der Waals surface area (Å²) in [5.74, 6) is 1.15. The minimum Gasteiger partial charge on any atom is -0.324 e. The first-order valence-electron chi connectivity index (χ1n) is 7.81. The number of nitrogens with zero attached hydrogens (tertiary/aromatic N) is 2. The van der Waals surface area contributed by atoms with Crippen LogP contribution in [0.15, 0.2) is 18.2 Å². The molecule has 1 N–H and O–H groups in total. The molecule has 0 saturated carbocycles. The minimum atomic E-state index is 0.218. The number of fused-ring (bicyclic) bond motifs is 1.